The van der Waals surface area contributed by atoms with E-state index in [0.717, 1.165) is 0 Å². The number of halogens is 1. The second-order valence-electron chi connectivity index (χ2n) is 6.14. The van der Waals surface area contributed by atoms with Crippen molar-refractivity contribution in [2.24, 2.45) is 0 Å². The minimum Gasteiger partial charge on any atom is -0.310 e. The summed E-state index contributed by atoms with van der Waals surface area (Å²) in [7, 11) is -3.64. The molecule has 2 N–H and O–H groups in total. The van der Waals surface area contributed by atoms with E-state index in [4.69, 9.17) is 0 Å². The maximum atomic E-state index is 13.7. The van der Waals surface area contributed by atoms with E-state index in [9.17, 15) is 12.8 Å². The Morgan fingerprint density at radius 1 is 1.25 bits per heavy atom. The van der Waals surface area contributed by atoms with Gasteiger partial charge in [0.25, 0.3) is 0 Å². The zero-order chi connectivity index (χ0) is 15.6. The van der Waals surface area contributed by atoms with Crippen molar-refractivity contribution in [3.63, 3.8) is 0 Å². The summed E-state index contributed by atoms with van der Waals surface area (Å²) < 4.78 is 40.6. The smallest absolute Gasteiger partial charge is 0.241 e. The van der Waals surface area contributed by atoms with Crippen LogP contribution in [0.15, 0.2) is 23.1 Å². The summed E-state index contributed by atoms with van der Waals surface area (Å²) in [6.07, 6.45) is 0. The fraction of sp³-hybridized carbons (Fsp3) is 0.571. The van der Waals surface area contributed by atoms with Crippen molar-refractivity contribution in [1.29, 1.82) is 0 Å². The van der Waals surface area contributed by atoms with Crippen molar-refractivity contribution in [3.05, 3.63) is 29.6 Å². The molecule has 0 aliphatic carbocycles. The highest BCUT2D eigenvalue weighted by atomic mass is 32.2. The van der Waals surface area contributed by atoms with E-state index in [1.54, 1.807) is 20.8 Å². The van der Waals surface area contributed by atoms with Crippen LogP contribution in [-0.4, -0.2) is 20.0 Å². The minimum atomic E-state index is -3.64. The second-order valence-corrected chi connectivity index (χ2v) is 7.83. The van der Waals surface area contributed by atoms with Crippen LogP contribution in [0.1, 0.15) is 40.2 Å². The highest BCUT2D eigenvalue weighted by molar-refractivity contribution is 7.89. The third kappa shape index (κ3) is 5.19. The van der Waals surface area contributed by atoms with Gasteiger partial charge in [0, 0.05) is 23.7 Å². The molecule has 0 saturated carbocycles. The molecule has 1 aromatic carbocycles. The summed E-state index contributed by atoms with van der Waals surface area (Å²) in [4.78, 5) is 0.0781. The minimum absolute atomic E-state index is 0.0781. The first-order chi connectivity index (χ1) is 9.01. The zero-order valence-corrected chi connectivity index (χ0v) is 13.4. The van der Waals surface area contributed by atoms with Crippen LogP contribution in [0.2, 0.25) is 0 Å². The summed E-state index contributed by atoms with van der Waals surface area (Å²) in [5.41, 5.74) is -0.237. The topological polar surface area (TPSA) is 58.2 Å². The van der Waals surface area contributed by atoms with Crippen molar-refractivity contribution in [2.45, 2.75) is 57.6 Å². The summed E-state index contributed by atoms with van der Waals surface area (Å²) in [6, 6.07) is 4.04. The Labute approximate surface area is 120 Å². The molecule has 0 saturated heterocycles. The molecule has 0 spiro atoms. The van der Waals surface area contributed by atoms with Crippen molar-refractivity contribution < 1.29 is 12.8 Å². The fourth-order valence-electron chi connectivity index (χ4n) is 1.63. The van der Waals surface area contributed by atoms with Crippen LogP contribution in [-0.2, 0) is 16.6 Å². The van der Waals surface area contributed by atoms with Gasteiger partial charge in [0.05, 0.1) is 4.90 Å². The molecule has 0 atom stereocenters. The third-order valence-electron chi connectivity index (χ3n) is 2.47. The first-order valence-corrected chi connectivity index (χ1v) is 8.05. The predicted octanol–water partition coefficient (Wildman–Crippen LogP) is 2.40. The molecule has 1 aromatic rings. The van der Waals surface area contributed by atoms with Crippen LogP contribution in [0.3, 0.4) is 0 Å². The van der Waals surface area contributed by atoms with Gasteiger partial charge in [0.1, 0.15) is 5.82 Å². The Bertz CT molecular complexity index is 563. The van der Waals surface area contributed by atoms with Crippen LogP contribution in [0, 0.1) is 5.82 Å². The highest BCUT2D eigenvalue weighted by Crippen LogP contribution is 2.17. The summed E-state index contributed by atoms with van der Waals surface area (Å²) in [5, 5.41) is 3.07. The lowest BCUT2D eigenvalue weighted by Gasteiger charge is -2.20. The standard InChI is InChI=1S/C14H23FN2O2S/c1-10(2)16-9-11-8-12(6-7-13(11)15)20(18,19)17-14(3,4)5/h6-8,10,16-17H,9H2,1-5H3. The van der Waals surface area contributed by atoms with E-state index in [0.29, 0.717) is 12.1 Å². The molecule has 1 rings (SSSR count). The van der Waals surface area contributed by atoms with Gasteiger partial charge in [0.2, 0.25) is 10.0 Å². The lowest BCUT2D eigenvalue weighted by atomic mass is 10.1. The maximum absolute atomic E-state index is 13.7. The van der Waals surface area contributed by atoms with Gasteiger partial charge in [-0.15, -0.1) is 0 Å². The van der Waals surface area contributed by atoms with E-state index in [1.807, 2.05) is 13.8 Å². The quantitative estimate of drug-likeness (QED) is 0.878. The molecule has 0 aliphatic rings. The van der Waals surface area contributed by atoms with E-state index >= 15 is 0 Å². The first kappa shape index (κ1) is 17.1. The molecule has 0 bridgehead atoms. The van der Waals surface area contributed by atoms with Crippen LogP contribution < -0.4 is 10.0 Å². The van der Waals surface area contributed by atoms with Crippen molar-refractivity contribution in [1.82, 2.24) is 10.0 Å². The SMILES string of the molecule is CC(C)NCc1cc(S(=O)(=O)NC(C)(C)C)ccc1F. The maximum Gasteiger partial charge on any atom is 0.241 e. The lowest BCUT2D eigenvalue weighted by molar-refractivity contribution is 0.491. The van der Waals surface area contributed by atoms with Gasteiger partial charge in [-0.2, -0.15) is 0 Å². The van der Waals surface area contributed by atoms with Crippen molar-refractivity contribution >= 4 is 10.0 Å². The van der Waals surface area contributed by atoms with Gasteiger partial charge in [-0.25, -0.2) is 17.5 Å². The molecule has 4 nitrogen and oxygen atoms in total. The molecule has 0 aromatic heterocycles. The molecule has 0 radical (unpaired) electrons. The number of hydrogen-bond donors (Lipinski definition) is 2. The molecule has 0 aliphatic heterocycles. The van der Waals surface area contributed by atoms with Crippen LogP contribution >= 0.6 is 0 Å². The van der Waals surface area contributed by atoms with Crippen LogP contribution in [0.25, 0.3) is 0 Å². The Balaban J connectivity index is 3.05. The second kappa shape index (κ2) is 6.20. The molecule has 6 heteroatoms. The largest absolute Gasteiger partial charge is 0.310 e. The molecule has 20 heavy (non-hydrogen) atoms. The molecular weight excluding hydrogens is 279 g/mol. The average molecular weight is 302 g/mol. The van der Waals surface area contributed by atoms with Gasteiger partial charge >= 0.3 is 0 Å². The van der Waals surface area contributed by atoms with Crippen LogP contribution in [0.5, 0.6) is 0 Å². The third-order valence-corrected chi connectivity index (χ3v) is 4.22. The zero-order valence-electron chi connectivity index (χ0n) is 12.6. The van der Waals surface area contributed by atoms with E-state index in [2.05, 4.69) is 10.0 Å². The van der Waals surface area contributed by atoms with E-state index in [1.165, 1.54) is 18.2 Å². The number of nitrogens with one attached hydrogen (secondary N) is 2. The first-order valence-electron chi connectivity index (χ1n) is 6.57. The van der Waals surface area contributed by atoms with Crippen molar-refractivity contribution in [2.75, 3.05) is 0 Å². The molecule has 0 amide bonds. The Morgan fingerprint density at radius 3 is 2.35 bits per heavy atom. The fourth-order valence-corrected chi connectivity index (χ4v) is 3.10. The number of benzene rings is 1. The predicted molar refractivity (Wildman–Crippen MR) is 78.5 cm³/mol. The lowest BCUT2D eigenvalue weighted by Crippen LogP contribution is -2.40. The van der Waals surface area contributed by atoms with Gasteiger partial charge in [-0.3, -0.25) is 0 Å². The number of rotatable bonds is 5. The average Bonchev–Trinajstić information content (AvgIpc) is 2.24. The van der Waals surface area contributed by atoms with E-state index < -0.39 is 21.4 Å². The molecular formula is C14H23FN2O2S. The van der Waals surface area contributed by atoms with Gasteiger partial charge < -0.3 is 5.32 Å². The molecule has 0 fully saturated rings. The molecule has 0 heterocycles. The highest BCUT2D eigenvalue weighted by Gasteiger charge is 2.22. The normalized spacial score (nSPS) is 12.9. The number of hydrogen-bond acceptors (Lipinski definition) is 3. The molecule has 114 valence electrons. The monoisotopic (exact) mass is 302 g/mol. The van der Waals surface area contributed by atoms with E-state index in [-0.39, 0.29) is 10.9 Å². The van der Waals surface area contributed by atoms with Crippen LogP contribution in [0.4, 0.5) is 4.39 Å². The molecule has 0 unspecified atom stereocenters. The Hall–Kier alpha value is -0.980. The Morgan fingerprint density at radius 2 is 1.85 bits per heavy atom. The summed E-state index contributed by atoms with van der Waals surface area (Å²) >= 11 is 0. The van der Waals surface area contributed by atoms with Gasteiger partial charge in [-0.05, 0) is 39.0 Å². The summed E-state index contributed by atoms with van der Waals surface area (Å²) in [6.45, 7) is 9.46. The van der Waals surface area contributed by atoms with Gasteiger partial charge in [0.15, 0.2) is 0 Å². The van der Waals surface area contributed by atoms with Gasteiger partial charge in [-0.1, -0.05) is 13.8 Å². The Kier molecular flexibility index (Phi) is 5.29. The summed E-state index contributed by atoms with van der Waals surface area (Å²) in [5.74, 6) is -0.409. The van der Waals surface area contributed by atoms with Crippen molar-refractivity contribution in [3.8, 4) is 0 Å². The number of sulfonamides is 1.